The molecule has 1 unspecified atom stereocenters. The Bertz CT molecular complexity index is 724. The maximum atomic E-state index is 13.3. The first kappa shape index (κ1) is 15.2. The molecule has 0 aliphatic rings. The summed E-state index contributed by atoms with van der Waals surface area (Å²) in [6.07, 6.45) is 0. The van der Waals surface area contributed by atoms with Gasteiger partial charge in [-0.3, -0.25) is 4.79 Å². The summed E-state index contributed by atoms with van der Waals surface area (Å²) in [5.74, 6) is -1.44. The van der Waals surface area contributed by atoms with Gasteiger partial charge >= 0.3 is 0 Å². The van der Waals surface area contributed by atoms with Gasteiger partial charge in [-0.05, 0) is 35.9 Å². The maximum Gasteiger partial charge on any atom is 0.185 e. The van der Waals surface area contributed by atoms with Crippen molar-refractivity contribution in [3.8, 4) is 11.8 Å². The van der Waals surface area contributed by atoms with Gasteiger partial charge in [-0.25, -0.2) is 4.39 Å². The lowest BCUT2D eigenvalue weighted by molar-refractivity contribution is 0.0977. The van der Waals surface area contributed by atoms with Crippen molar-refractivity contribution < 1.29 is 13.9 Å². The molecule has 5 heteroatoms. The van der Waals surface area contributed by atoms with Gasteiger partial charge in [-0.2, -0.15) is 5.26 Å². The average Bonchev–Trinajstić information content (AvgIpc) is 2.48. The van der Waals surface area contributed by atoms with E-state index in [0.29, 0.717) is 21.3 Å². The second kappa shape index (κ2) is 6.51. The lowest BCUT2D eigenvalue weighted by Gasteiger charge is -2.11. The fourth-order valence-electron chi connectivity index (χ4n) is 1.95. The van der Waals surface area contributed by atoms with Gasteiger partial charge in [-0.1, -0.05) is 28.1 Å². The van der Waals surface area contributed by atoms with Crippen LogP contribution in [-0.2, 0) is 0 Å². The van der Waals surface area contributed by atoms with Crippen LogP contribution >= 0.6 is 15.9 Å². The third kappa shape index (κ3) is 3.29. The number of ketones is 1. The van der Waals surface area contributed by atoms with Gasteiger partial charge in [0, 0.05) is 10.0 Å². The molecular weight excluding hydrogens is 337 g/mol. The van der Waals surface area contributed by atoms with Crippen LogP contribution in [-0.4, -0.2) is 12.9 Å². The highest BCUT2D eigenvalue weighted by Gasteiger charge is 2.24. The third-order valence-corrected chi connectivity index (χ3v) is 3.70. The van der Waals surface area contributed by atoms with E-state index in [1.807, 2.05) is 6.07 Å². The van der Waals surface area contributed by atoms with E-state index in [1.165, 1.54) is 25.3 Å². The summed E-state index contributed by atoms with van der Waals surface area (Å²) >= 11 is 3.28. The van der Waals surface area contributed by atoms with E-state index in [1.54, 1.807) is 24.3 Å². The molecule has 3 nitrogen and oxygen atoms in total. The quantitative estimate of drug-likeness (QED) is 0.782. The van der Waals surface area contributed by atoms with Gasteiger partial charge in [-0.15, -0.1) is 0 Å². The van der Waals surface area contributed by atoms with Crippen molar-refractivity contribution in [1.29, 1.82) is 5.26 Å². The van der Waals surface area contributed by atoms with Crippen LogP contribution in [0.5, 0.6) is 5.75 Å². The summed E-state index contributed by atoms with van der Waals surface area (Å²) in [7, 11) is 1.49. The van der Waals surface area contributed by atoms with Crippen molar-refractivity contribution in [3.63, 3.8) is 0 Å². The van der Waals surface area contributed by atoms with E-state index in [4.69, 9.17) is 4.74 Å². The summed E-state index contributed by atoms with van der Waals surface area (Å²) in [4.78, 5) is 12.5. The molecule has 0 fully saturated rings. The molecule has 0 radical (unpaired) electrons. The van der Waals surface area contributed by atoms with E-state index in [2.05, 4.69) is 15.9 Å². The molecule has 0 saturated heterocycles. The highest BCUT2D eigenvalue weighted by molar-refractivity contribution is 9.10. The number of halogens is 2. The minimum Gasteiger partial charge on any atom is -0.497 e. The average molecular weight is 348 g/mol. The summed E-state index contributed by atoms with van der Waals surface area (Å²) in [5, 5.41) is 9.28. The van der Waals surface area contributed by atoms with Crippen LogP contribution in [0.3, 0.4) is 0 Å². The van der Waals surface area contributed by atoms with Gasteiger partial charge in [0.2, 0.25) is 0 Å². The van der Waals surface area contributed by atoms with Crippen molar-refractivity contribution in [1.82, 2.24) is 0 Å². The fraction of sp³-hybridized carbons (Fsp3) is 0.125. The molecule has 0 amide bonds. The van der Waals surface area contributed by atoms with Crippen LogP contribution in [0, 0.1) is 17.1 Å². The number of hydrogen-bond donors (Lipinski definition) is 0. The molecular formula is C16H11BrFNO2. The Hall–Kier alpha value is -2.19. The number of benzene rings is 2. The fourth-order valence-corrected chi connectivity index (χ4v) is 2.39. The summed E-state index contributed by atoms with van der Waals surface area (Å²) in [6, 6.07) is 12.3. The second-order valence-electron chi connectivity index (χ2n) is 4.33. The number of carbonyl (C=O) groups excluding carboxylic acids is 1. The predicted octanol–water partition coefficient (Wildman–Crippen LogP) is 4.09. The van der Waals surface area contributed by atoms with Crippen LogP contribution in [0.15, 0.2) is 46.9 Å². The van der Waals surface area contributed by atoms with Crippen LogP contribution in [0.4, 0.5) is 4.39 Å². The van der Waals surface area contributed by atoms with Gasteiger partial charge in [0.1, 0.15) is 17.5 Å². The van der Waals surface area contributed by atoms with E-state index < -0.39 is 17.5 Å². The molecule has 2 rings (SSSR count). The Kier molecular flexibility index (Phi) is 4.71. The van der Waals surface area contributed by atoms with Gasteiger partial charge in [0.15, 0.2) is 5.78 Å². The number of rotatable bonds is 4. The molecule has 0 aliphatic carbocycles. The van der Waals surface area contributed by atoms with Gasteiger partial charge < -0.3 is 4.74 Å². The number of Topliss-reactive ketones (excluding diaryl/α,β-unsaturated/α-hetero) is 1. The second-order valence-corrected chi connectivity index (χ2v) is 5.18. The summed E-state index contributed by atoms with van der Waals surface area (Å²) < 4.78 is 18.9. The van der Waals surface area contributed by atoms with Crippen molar-refractivity contribution in [2.45, 2.75) is 5.92 Å². The molecule has 0 aromatic heterocycles. The SMILES string of the molecule is COc1ccc(Br)c(C(=O)C(C#N)c2cccc(F)c2)c1. The number of hydrogen-bond acceptors (Lipinski definition) is 3. The molecule has 21 heavy (non-hydrogen) atoms. The molecule has 0 bridgehead atoms. The third-order valence-electron chi connectivity index (χ3n) is 3.01. The first-order valence-corrected chi connectivity index (χ1v) is 6.89. The zero-order valence-corrected chi connectivity index (χ0v) is 12.7. The van der Waals surface area contributed by atoms with E-state index in [9.17, 15) is 14.4 Å². The van der Waals surface area contributed by atoms with Crippen molar-refractivity contribution >= 4 is 21.7 Å². The van der Waals surface area contributed by atoms with E-state index in [0.717, 1.165) is 0 Å². The topological polar surface area (TPSA) is 50.1 Å². The van der Waals surface area contributed by atoms with Crippen LogP contribution in [0.25, 0.3) is 0 Å². The monoisotopic (exact) mass is 347 g/mol. The lowest BCUT2D eigenvalue weighted by Crippen LogP contribution is -2.12. The zero-order chi connectivity index (χ0) is 15.4. The standard InChI is InChI=1S/C16H11BrFNO2/c1-21-12-5-6-15(17)13(8-12)16(20)14(9-19)10-3-2-4-11(18)7-10/h2-8,14H,1H3. The van der Waals surface area contributed by atoms with E-state index in [-0.39, 0.29) is 0 Å². The largest absolute Gasteiger partial charge is 0.497 e. The summed E-state index contributed by atoms with van der Waals surface area (Å²) in [5.41, 5.74) is 0.655. The number of ether oxygens (including phenoxy) is 1. The highest BCUT2D eigenvalue weighted by Crippen LogP contribution is 2.28. The predicted molar refractivity (Wildman–Crippen MR) is 79.8 cm³/mol. The van der Waals surface area contributed by atoms with Crippen molar-refractivity contribution in [2.24, 2.45) is 0 Å². The molecule has 2 aromatic rings. The molecule has 106 valence electrons. The number of methoxy groups -OCH3 is 1. The van der Waals surface area contributed by atoms with Gasteiger partial charge in [0.25, 0.3) is 0 Å². The van der Waals surface area contributed by atoms with E-state index >= 15 is 0 Å². The molecule has 0 N–H and O–H groups in total. The number of nitrogens with zero attached hydrogens (tertiary/aromatic N) is 1. The number of nitriles is 1. The molecule has 0 saturated carbocycles. The first-order chi connectivity index (χ1) is 10.1. The Morgan fingerprint density at radius 3 is 2.71 bits per heavy atom. The zero-order valence-electron chi connectivity index (χ0n) is 11.1. The van der Waals surface area contributed by atoms with Crippen LogP contribution in [0.2, 0.25) is 0 Å². The van der Waals surface area contributed by atoms with Crippen molar-refractivity contribution in [3.05, 3.63) is 63.9 Å². The van der Waals surface area contributed by atoms with Gasteiger partial charge in [0.05, 0.1) is 13.2 Å². The van der Waals surface area contributed by atoms with Crippen LogP contribution < -0.4 is 4.74 Å². The molecule has 0 heterocycles. The first-order valence-electron chi connectivity index (χ1n) is 6.09. The minimum absolute atomic E-state index is 0.324. The summed E-state index contributed by atoms with van der Waals surface area (Å²) in [6.45, 7) is 0. The Balaban J connectivity index is 2.44. The highest BCUT2D eigenvalue weighted by atomic mass is 79.9. The Labute approximate surface area is 130 Å². The normalized spacial score (nSPS) is 11.5. The molecule has 0 aliphatic heterocycles. The molecule has 0 spiro atoms. The Morgan fingerprint density at radius 1 is 1.33 bits per heavy atom. The lowest BCUT2D eigenvalue weighted by atomic mass is 9.92. The molecule has 2 aromatic carbocycles. The number of carbonyl (C=O) groups is 1. The van der Waals surface area contributed by atoms with Crippen molar-refractivity contribution in [2.75, 3.05) is 7.11 Å². The Morgan fingerprint density at radius 2 is 2.10 bits per heavy atom. The maximum absolute atomic E-state index is 13.3. The smallest absolute Gasteiger partial charge is 0.185 e. The van der Waals surface area contributed by atoms with Crippen LogP contribution in [0.1, 0.15) is 21.8 Å². The minimum atomic E-state index is -1.07. The molecule has 1 atom stereocenters.